The molecule has 1 N–H and O–H groups in total. The molecule has 0 bridgehead atoms. The Balaban J connectivity index is 2.74. The summed E-state index contributed by atoms with van der Waals surface area (Å²) >= 11 is 0. The quantitative estimate of drug-likeness (QED) is 0.530. The normalized spacial score (nSPS) is 22.4. The lowest BCUT2D eigenvalue weighted by Gasteiger charge is -2.39. The molecule has 0 radical (unpaired) electrons. The zero-order valence-corrected chi connectivity index (χ0v) is 17.2. The topological polar surface area (TPSA) is 38.7 Å². The van der Waals surface area contributed by atoms with Crippen molar-refractivity contribution in [1.29, 1.82) is 0 Å². The monoisotopic (exact) mass is 342 g/mol. The van der Waals surface area contributed by atoms with Crippen LogP contribution in [0.5, 0.6) is 0 Å². The van der Waals surface area contributed by atoms with Gasteiger partial charge in [-0.3, -0.25) is 0 Å². The number of rotatable bonds is 9. The lowest BCUT2D eigenvalue weighted by Crippen LogP contribution is -2.41. The summed E-state index contributed by atoms with van der Waals surface area (Å²) in [6.45, 7) is 15.3. The number of hydrogen-bond acceptors (Lipinski definition) is 3. The summed E-state index contributed by atoms with van der Waals surface area (Å²) in [5.74, 6) is 0.536. The minimum absolute atomic E-state index is 0.111. The predicted octanol–water partition coefficient (Wildman–Crippen LogP) is 5.90. The number of aliphatic hydroxyl groups excluding tert-OH is 1. The molecular weight excluding hydrogens is 300 g/mol. The van der Waals surface area contributed by atoms with Crippen LogP contribution in [-0.2, 0) is 9.47 Å². The Kier molecular flexibility index (Phi) is 8.72. The van der Waals surface area contributed by atoms with Crippen molar-refractivity contribution in [2.45, 2.75) is 119 Å². The van der Waals surface area contributed by atoms with Crippen LogP contribution in [0.15, 0.2) is 0 Å². The molecule has 0 saturated heterocycles. The highest BCUT2D eigenvalue weighted by molar-refractivity contribution is 4.78. The van der Waals surface area contributed by atoms with Crippen molar-refractivity contribution in [2.75, 3.05) is 0 Å². The molecule has 3 atom stereocenters. The molecule has 1 fully saturated rings. The van der Waals surface area contributed by atoms with E-state index >= 15 is 0 Å². The van der Waals surface area contributed by atoms with Crippen LogP contribution in [-0.4, -0.2) is 23.8 Å². The third kappa shape index (κ3) is 7.84. The van der Waals surface area contributed by atoms with Crippen molar-refractivity contribution in [3.8, 4) is 0 Å². The molecule has 144 valence electrons. The van der Waals surface area contributed by atoms with Gasteiger partial charge in [0.15, 0.2) is 12.6 Å². The first-order valence-corrected chi connectivity index (χ1v) is 10.0. The van der Waals surface area contributed by atoms with Gasteiger partial charge in [0.25, 0.3) is 0 Å². The van der Waals surface area contributed by atoms with Gasteiger partial charge in [-0.05, 0) is 37.0 Å². The molecule has 3 nitrogen and oxygen atoms in total. The third-order valence-corrected chi connectivity index (χ3v) is 5.23. The smallest absolute Gasteiger partial charge is 0.163 e. The van der Waals surface area contributed by atoms with Gasteiger partial charge in [-0.1, -0.05) is 67.7 Å². The third-order valence-electron chi connectivity index (χ3n) is 5.23. The number of hydrogen-bond donors (Lipinski definition) is 1. The molecule has 1 aliphatic rings. The van der Waals surface area contributed by atoms with Crippen molar-refractivity contribution in [3.05, 3.63) is 0 Å². The Morgan fingerprint density at radius 2 is 1.58 bits per heavy atom. The fourth-order valence-electron chi connectivity index (χ4n) is 3.70. The molecule has 0 heterocycles. The van der Waals surface area contributed by atoms with Gasteiger partial charge >= 0.3 is 0 Å². The summed E-state index contributed by atoms with van der Waals surface area (Å²) in [7, 11) is 0. The summed E-state index contributed by atoms with van der Waals surface area (Å²) < 4.78 is 12.4. The maximum absolute atomic E-state index is 10.8. The Morgan fingerprint density at radius 1 is 1.00 bits per heavy atom. The molecule has 24 heavy (non-hydrogen) atoms. The van der Waals surface area contributed by atoms with Crippen LogP contribution in [0.25, 0.3) is 0 Å². The van der Waals surface area contributed by atoms with Gasteiger partial charge in [0.1, 0.15) is 0 Å². The van der Waals surface area contributed by atoms with Crippen LogP contribution in [0.2, 0.25) is 0 Å². The van der Waals surface area contributed by atoms with Gasteiger partial charge in [0, 0.05) is 11.8 Å². The summed E-state index contributed by atoms with van der Waals surface area (Å²) in [4.78, 5) is 0. The van der Waals surface area contributed by atoms with Crippen molar-refractivity contribution in [3.63, 3.8) is 0 Å². The summed E-state index contributed by atoms with van der Waals surface area (Å²) in [5.41, 5.74) is -0.111. The van der Waals surface area contributed by atoms with Crippen LogP contribution in [0.4, 0.5) is 0 Å². The molecule has 0 aromatic rings. The van der Waals surface area contributed by atoms with E-state index in [0.717, 1.165) is 32.1 Å². The second kappa shape index (κ2) is 9.54. The maximum Gasteiger partial charge on any atom is 0.163 e. The Morgan fingerprint density at radius 3 is 2.04 bits per heavy atom. The van der Waals surface area contributed by atoms with E-state index in [4.69, 9.17) is 9.47 Å². The van der Waals surface area contributed by atoms with E-state index in [1.54, 1.807) is 0 Å². The first-order chi connectivity index (χ1) is 11.1. The van der Waals surface area contributed by atoms with Crippen molar-refractivity contribution in [2.24, 2.45) is 16.7 Å². The SMILES string of the molecule is CCC(C)(CC(C)C)C(O)OC(CC(C)(C)C)OC1CCCCC1. The van der Waals surface area contributed by atoms with Gasteiger partial charge in [-0.15, -0.1) is 0 Å². The molecular formula is C21H42O3. The van der Waals surface area contributed by atoms with E-state index in [1.807, 2.05) is 0 Å². The van der Waals surface area contributed by atoms with Crippen LogP contribution >= 0.6 is 0 Å². The van der Waals surface area contributed by atoms with Gasteiger partial charge < -0.3 is 14.6 Å². The van der Waals surface area contributed by atoms with Crippen LogP contribution in [0, 0.1) is 16.7 Å². The van der Waals surface area contributed by atoms with E-state index in [9.17, 15) is 5.11 Å². The van der Waals surface area contributed by atoms with Crippen LogP contribution < -0.4 is 0 Å². The fraction of sp³-hybridized carbons (Fsp3) is 1.00. The Hall–Kier alpha value is -0.120. The van der Waals surface area contributed by atoms with E-state index in [1.165, 1.54) is 19.3 Å². The van der Waals surface area contributed by atoms with Crippen LogP contribution in [0.3, 0.4) is 0 Å². The van der Waals surface area contributed by atoms with E-state index in [-0.39, 0.29) is 23.2 Å². The molecule has 1 saturated carbocycles. The molecule has 3 heteroatoms. The van der Waals surface area contributed by atoms with Crippen molar-refractivity contribution < 1.29 is 14.6 Å². The van der Waals surface area contributed by atoms with Gasteiger partial charge in [-0.25, -0.2) is 0 Å². The van der Waals surface area contributed by atoms with E-state index < -0.39 is 6.29 Å². The molecule has 0 aromatic carbocycles. The standard InChI is InChI=1S/C21H42O3/c1-8-21(7,14-16(2)3)19(22)24-18(15-20(4,5)6)23-17-12-10-9-11-13-17/h16-19,22H,8-15H2,1-7H3. The highest BCUT2D eigenvalue weighted by Crippen LogP contribution is 2.36. The second-order valence-electron chi connectivity index (χ2n) is 9.68. The molecule has 1 rings (SSSR count). The lowest BCUT2D eigenvalue weighted by molar-refractivity contribution is -0.286. The zero-order valence-electron chi connectivity index (χ0n) is 17.2. The Labute approximate surface area is 150 Å². The van der Waals surface area contributed by atoms with Crippen LogP contribution in [0.1, 0.15) is 99.8 Å². The van der Waals surface area contributed by atoms with Gasteiger partial charge in [0.2, 0.25) is 0 Å². The minimum atomic E-state index is -0.777. The van der Waals surface area contributed by atoms with Gasteiger partial charge in [-0.2, -0.15) is 0 Å². The summed E-state index contributed by atoms with van der Waals surface area (Å²) in [6.07, 6.45) is 7.91. The summed E-state index contributed by atoms with van der Waals surface area (Å²) in [5, 5.41) is 10.8. The number of ether oxygens (including phenoxy) is 2. The maximum atomic E-state index is 10.8. The number of aliphatic hydroxyl groups is 1. The molecule has 3 unspecified atom stereocenters. The molecule has 1 aliphatic carbocycles. The first kappa shape index (κ1) is 21.9. The predicted molar refractivity (Wildman–Crippen MR) is 101 cm³/mol. The average molecular weight is 343 g/mol. The zero-order chi connectivity index (χ0) is 18.4. The van der Waals surface area contributed by atoms with Crippen molar-refractivity contribution in [1.82, 2.24) is 0 Å². The van der Waals surface area contributed by atoms with Gasteiger partial charge in [0.05, 0.1) is 6.10 Å². The fourth-order valence-corrected chi connectivity index (χ4v) is 3.70. The first-order valence-electron chi connectivity index (χ1n) is 10.0. The highest BCUT2D eigenvalue weighted by Gasteiger charge is 2.36. The molecule has 0 aliphatic heterocycles. The second-order valence-corrected chi connectivity index (χ2v) is 9.68. The lowest BCUT2D eigenvalue weighted by atomic mass is 9.79. The largest absolute Gasteiger partial charge is 0.367 e. The summed E-state index contributed by atoms with van der Waals surface area (Å²) in [6, 6.07) is 0. The molecule has 0 amide bonds. The average Bonchev–Trinajstić information content (AvgIpc) is 2.45. The van der Waals surface area contributed by atoms with E-state index in [2.05, 4.69) is 48.5 Å². The Bertz CT molecular complexity index is 341. The van der Waals surface area contributed by atoms with Crippen molar-refractivity contribution >= 4 is 0 Å². The highest BCUT2D eigenvalue weighted by atomic mass is 16.7. The molecule has 0 spiro atoms. The molecule has 0 aromatic heterocycles. The van der Waals surface area contributed by atoms with E-state index in [0.29, 0.717) is 5.92 Å². The minimum Gasteiger partial charge on any atom is -0.367 e.